The third-order valence-electron chi connectivity index (χ3n) is 3.29. The van der Waals surface area contributed by atoms with Crippen molar-refractivity contribution in [1.82, 2.24) is 9.55 Å². The fourth-order valence-electron chi connectivity index (χ4n) is 2.16. The first-order valence-electron chi connectivity index (χ1n) is 6.22. The van der Waals surface area contributed by atoms with Gasteiger partial charge < -0.3 is 10.3 Å². The minimum absolute atomic E-state index is 0.282. The second-order valence-corrected chi connectivity index (χ2v) is 6.13. The highest BCUT2D eigenvalue weighted by Gasteiger charge is 2.19. The van der Waals surface area contributed by atoms with Crippen molar-refractivity contribution >= 4 is 27.5 Å². The molecule has 0 fully saturated rings. The van der Waals surface area contributed by atoms with Gasteiger partial charge in [-0.2, -0.15) is 0 Å². The molecule has 1 aromatic carbocycles. The Bertz CT molecular complexity index is 566. The Morgan fingerprint density at radius 3 is 2.74 bits per heavy atom. The summed E-state index contributed by atoms with van der Waals surface area (Å²) in [7, 11) is 0. The summed E-state index contributed by atoms with van der Waals surface area (Å²) >= 11 is 9.55. The van der Waals surface area contributed by atoms with Gasteiger partial charge in [0.15, 0.2) is 0 Å². The van der Waals surface area contributed by atoms with Crippen LogP contribution in [0.2, 0.25) is 5.02 Å². The van der Waals surface area contributed by atoms with Crippen LogP contribution in [0.25, 0.3) is 5.69 Å². The zero-order valence-corrected chi connectivity index (χ0v) is 13.3. The van der Waals surface area contributed by atoms with Crippen LogP contribution >= 0.6 is 27.5 Å². The van der Waals surface area contributed by atoms with Gasteiger partial charge >= 0.3 is 0 Å². The SMILES string of the molecule is CC(C)C(CN)c1cncn1-c1ccc(Br)c(Cl)c1. The molecule has 0 spiro atoms. The van der Waals surface area contributed by atoms with Crippen molar-refractivity contribution in [1.29, 1.82) is 0 Å². The highest BCUT2D eigenvalue weighted by atomic mass is 79.9. The zero-order valence-electron chi connectivity index (χ0n) is 11.0. The van der Waals surface area contributed by atoms with Crippen molar-refractivity contribution < 1.29 is 0 Å². The lowest BCUT2D eigenvalue weighted by Gasteiger charge is -2.20. The molecule has 2 N–H and O–H groups in total. The molecule has 0 saturated carbocycles. The van der Waals surface area contributed by atoms with Crippen LogP contribution in [0, 0.1) is 5.92 Å². The van der Waals surface area contributed by atoms with E-state index in [1.54, 1.807) is 6.33 Å². The molecular formula is C14H17BrClN3. The van der Waals surface area contributed by atoms with E-state index in [0.717, 1.165) is 15.9 Å². The molecule has 0 radical (unpaired) electrons. The first-order chi connectivity index (χ1) is 9.04. The summed E-state index contributed by atoms with van der Waals surface area (Å²) in [6.07, 6.45) is 3.69. The van der Waals surface area contributed by atoms with Crippen LogP contribution in [0.3, 0.4) is 0 Å². The van der Waals surface area contributed by atoms with Gasteiger partial charge in [-0.05, 0) is 40.0 Å². The minimum Gasteiger partial charge on any atom is -0.330 e. The monoisotopic (exact) mass is 341 g/mol. The molecule has 19 heavy (non-hydrogen) atoms. The number of nitrogens with two attached hydrogens (primary N) is 1. The topological polar surface area (TPSA) is 43.8 Å². The second-order valence-electron chi connectivity index (χ2n) is 4.87. The van der Waals surface area contributed by atoms with Crippen molar-refractivity contribution in [2.75, 3.05) is 6.54 Å². The molecular weight excluding hydrogens is 326 g/mol. The predicted molar refractivity (Wildman–Crippen MR) is 82.9 cm³/mol. The van der Waals surface area contributed by atoms with Crippen LogP contribution in [-0.4, -0.2) is 16.1 Å². The molecule has 2 aromatic rings. The number of benzene rings is 1. The van der Waals surface area contributed by atoms with Crippen molar-refractivity contribution in [3.05, 3.63) is 45.9 Å². The summed E-state index contributed by atoms with van der Waals surface area (Å²) in [6.45, 7) is 4.94. The third-order valence-corrected chi connectivity index (χ3v) is 4.52. The third kappa shape index (κ3) is 3.02. The van der Waals surface area contributed by atoms with Gasteiger partial charge in [0.1, 0.15) is 0 Å². The molecule has 1 atom stereocenters. The molecule has 0 bridgehead atoms. The molecule has 0 aliphatic heterocycles. The molecule has 0 amide bonds. The fourth-order valence-corrected chi connectivity index (χ4v) is 2.59. The van der Waals surface area contributed by atoms with Crippen molar-refractivity contribution in [2.45, 2.75) is 19.8 Å². The lowest BCUT2D eigenvalue weighted by atomic mass is 9.93. The van der Waals surface area contributed by atoms with Crippen LogP contribution in [0.5, 0.6) is 0 Å². The van der Waals surface area contributed by atoms with Crippen LogP contribution in [0.1, 0.15) is 25.5 Å². The Morgan fingerprint density at radius 1 is 1.42 bits per heavy atom. The molecule has 1 heterocycles. The molecule has 5 heteroatoms. The van der Waals surface area contributed by atoms with E-state index in [4.69, 9.17) is 17.3 Å². The van der Waals surface area contributed by atoms with E-state index in [1.807, 2.05) is 24.4 Å². The van der Waals surface area contributed by atoms with E-state index in [1.165, 1.54) is 0 Å². The molecule has 102 valence electrons. The van der Waals surface area contributed by atoms with E-state index in [9.17, 15) is 0 Å². The molecule has 1 aromatic heterocycles. The van der Waals surface area contributed by atoms with Crippen LogP contribution in [0.4, 0.5) is 0 Å². The average molecular weight is 343 g/mol. The van der Waals surface area contributed by atoms with Crippen molar-refractivity contribution in [3.8, 4) is 5.69 Å². The van der Waals surface area contributed by atoms with Crippen molar-refractivity contribution in [3.63, 3.8) is 0 Å². The summed E-state index contributed by atoms with van der Waals surface area (Å²) in [5, 5.41) is 0.686. The molecule has 0 saturated heterocycles. The lowest BCUT2D eigenvalue weighted by molar-refractivity contribution is 0.490. The summed E-state index contributed by atoms with van der Waals surface area (Å²) in [4.78, 5) is 4.25. The van der Waals surface area contributed by atoms with Gasteiger partial charge in [-0.3, -0.25) is 0 Å². The van der Waals surface area contributed by atoms with Crippen molar-refractivity contribution in [2.24, 2.45) is 11.7 Å². The number of rotatable bonds is 4. The normalized spacial score (nSPS) is 12.9. The largest absolute Gasteiger partial charge is 0.330 e. The Hall–Kier alpha value is -0.840. The number of imidazole rings is 1. The summed E-state index contributed by atoms with van der Waals surface area (Å²) < 4.78 is 2.94. The van der Waals surface area contributed by atoms with Gasteiger partial charge in [-0.15, -0.1) is 0 Å². The number of halogens is 2. The molecule has 0 aliphatic rings. The first kappa shape index (κ1) is 14.6. The van der Waals surface area contributed by atoms with E-state index in [-0.39, 0.29) is 5.92 Å². The van der Waals surface area contributed by atoms with E-state index in [0.29, 0.717) is 17.5 Å². The highest BCUT2D eigenvalue weighted by Crippen LogP contribution is 2.29. The van der Waals surface area contributed by atoms with Gasteiger partial charge in [-0.25, -0.2) is 4.98 Å². The van der Waals surface area contributed by atoms with Crippen LogP contribution in [0.15, 0.2) is 35.2 Å². The van der Waals surface area contributed by atoms with E-state index < -0.39 is 0 Å². The number of hydrogen-bond donors (Lipinski definition) is 1. The first-order valence-corrected chi connectivity index (χ1v) is 7.39. The lowest BCUT2D eigenvalue weighted by Crippen LogP contribution is -2.20. The van der Waals surface area contributed by atoms with Gasteiger partial charge in [0, 0.05) is 34.5 Å². The second kappa shape index (κ2) is 6.07. The predicted octanol–water partition coefficient (Wildman–Crippen LogP) is 3.99. The zero-order chi connectivity index (χ0) is 14.0. The average Bonchev–Trinajstić information content (AvgIpc) is 2.82. The maximum Gasteiger partial charge on any atom is 0.0994 e. The summed E-state index contributed by atoms with van der Waals surface area (Å²) in [5.41, 5.74) is 8.01. The van der Waals surface area contributed by atoms with E-state index in [2.05, 4.69) is 39.3 Å². The number of hydrogen-bond acceptors (Lipinski definition) is 2. The maximum absolute atomic E-state index is 6.15. The van der Waals surface area contributed by atoms with E-state index >= 15 is 0 Å². The van der Waals surface area contributed by atoms with Gasteiger partial charge in [-0.1, -0.05) is 25.4 Å². The quantitative estimate of drug-likeness (QED) is 0.913. The smallest absolute Gasteiger partial charge is 0.0994 e. The fraction of sp³-hybridized carbons (Fsp3) is 0.357. The Balaban J connectivity index is 2.46. The molecule has 2 rings (SSSR count). The van der Waals surface area contributed by atoms with Gasteiger partial charge in [0.2, 0.25) is 0 Å². The van der Waals surface area contributed by atoms with Gasteiger partial charge in [0.25, 0.3) is 0 Å². The minimum atomic E-state index is 0.282. The maximum atomic E-state index is 6.15. The standard InChI is InChI=1S/C14H17BrClN3/c1-9(2)11(6-17)14-7-18-8-19(14)10-3-4-12(15)13(16)5-10/h3-5,7-9,11H,6,17H2,1-2H3. The van der Waals surface area contributed by atoms with Gasteiger partial charge in [0.05, 0.1) is 11.3 Å². The van der Waals surface area contributed by atoms with Crippen LogP contribution in [-0.2, 0) is 0 Å². The van der Waals surface area contributed by atoms with Crippen LogP contribution < -0.4 is 5.73 Å². The number of aromatic nitrogens is 2. The summed E-state index contributed by atoms with van der Waals surface area (Å²) in [6, 6.07) is 5.87. The highest BCUT2D eigenvalue weighted by molar-refractivity contribution is 9.10. The Kier molecular flexibility index (Phi) is 4.66. The number of nitrogens with zero attached hydrogens (tertiary/aromatic N) is 2. The summed E-state index contributed by atoms with van der Waals surface area (Å²) in [5.74, 6) is 0.747. The molecule has 1 unspecified atom stereocenters. The molecule has 3 nitrogen and oxygen atoms in total. The Labute approximate surface area is 126 Å². The molecule has 0 aliphatic carbocycles. The Morgan fingerprint density at radius 2 is 2.16 bits per heavy atom.